The Balaban J connectivity index is 2.27. The van der Waals surface area contributed by atoms with Gasteiger partial charge in [-0.3, -0.25) is 9.48 Å². The lowest BCUT2D eigenvalue weighted by Crippen LogP contribution is -2.11. The summed E-state index contributed by atoms with van der Waals surface area (Å²) >= 11 is 3.33. The molecule has 2 aromatic rings. The lowest BCUT2D eigenvalue weighted by atomic mass is 10.1. The van der Waals surface area contributed by atoms with Gasteiger partial charge in [-0.25, -0.2) is 0 Å². The summed E-state index contributed by atoms with van der Waals surface area (Å²) in [7, 11) is 3.35. The molecule has 0 fully saturated rings. The molecule has 0 aliphatic rings. The van der Waals surface area contributed by atoms with Crippen LogP contribution in [-0.4, -0.2) is 22.7 Å². The molecule has 0 atom stereocenters. The molecular weight excluding hydrogens is 296 g/mol. The Hall–Kier alpha value is -1.62. The Bertz CT molecular complexity index is 559. The van der Waals surface area contributed by atoms with E-state index in [0.29, 0.717) is 16.6 Å². The summed E-state index contributed by atoms with van der Waals surface area (Å²) in [6.45, 7) is 0. The van der Waals surface area contributed by atoms with E-state index in [-0.39, 0.29) is 5.78 Å². The van der Waals surface area contributed by atoms with Gasteiger partial charge in [0.1, 0.15) is 11.4 Å². The highest BCUT2D eigenvalue weighted by Gasteiger charge is 2.17. The van der Waals surface area contributed by atoms with Crippen LogP contribution < -0.4 is 4.74 Å². The predicted octanol–water partition coefficient (Wildman–Crippen LogP) is 2.62. The van der Waals surface area contributed by atoms with Crippen molar-refractivity contribution in [1.29, 1.82) is 0 Å². The van der Waals surface area contributed by atoms with Crippen LogP contribution in [0.1, 0.15) is 16.1 Å². The molecular formula is C13H13BrN2O2. The van der Waals surface area contributed by atoms with Crippen LogP contribution in [0.25, 0.3) is 0 Å². The highest BCUT2D eigenvalue weighted by atomic mass is 79.9. The molecule has 18 heavy (non-hydrogen) atoms. The minimum Gasteiger partial charge on any atom is -0.496 e. The molecule has 0 amide bonds. The van der Waals surface area contributed by atoms with E-state index in [1.807, 2.05) is 24.3 Å². The van der Waals surface area contributed by atoms with Crippen molar-refractivity contribution in [3.8, 4) is 5.75 Å². The molecule has 1 heterocycles. The first-order chi connectivity index (χ1) is 8.63. The SMILES string of the molecule is COc1ccccc1CC(=O)c1c(Br)cnn1C. The molecule has 1 aromatic heterocycles. The van der Waals surface area contributed by atoms with Gasteiger partial charge in [0, 0.05) is 19.0 Å². The van der Waals surface area contributed by atoms with Crippen LogP contribution in [0.4, 0.5) is 0 Å². The predicted molar refractivity (Wildman–Crippen MR) is 71.9 cm³/mol. The van der Waals surface area contributed by atoms with E-state index in [0.717, 1.165) is 11.3 Å². The minimum atomic E-state index is 0.00590. The summed E-state index contributed by atoms with van der Waals surface area (Å²) in [6.07, 6.45) is 1.91. The molecule has 1 aromatic carbocycles. The first kappa shape index (κ1) is 12.8. The van der Waals surface area contributed by atoms with Gasteiger partial charge in [-0.05, 0) is 22.0 Å². The zero-order valence-electron chi connectivity index (χ0n) is 10.2. The van der Waals surface area contributed by atoms with Crippen molar-refractivity contribution in [2.75, 3.05) is 7.11 Å². The zero-order valence-corrected chi connectivity index (χ0v) is 11.8. The molecule has 4 nitrogen and oxygen atoms in total. The fourth-order valence-corrected chi connectivity index (χ4v) is 2.40. The second-order valence-electron chi connectivity index (χ2n) is 3.88. The normalized spacial score (nSPS) is 10.4. The van der Waals surface area contributed by atoms with Crippen molar-refractivity contribution in [2.24, 2.45) is 7.05 Å². The van der Waals surface area contributed by atoms with E-state index < -0.39 is 0 Å². The van der Waals surface area contributed by atoms with Gasteiger partial charge in [0.15, 0.2) is 5.78 Å². The van der Waals surface area contributed by atoms with Gasteiger partial charge >= 0.3 is 0 Å². The van der Waals surface area contributed by atoms with E-state index in [1.165, 1.54) is 0 Å². The van der Waals surface area contributed by atoms with Gasteiger partial charge < -0.3 is 4.74 Å². The molecule has 0 radical (unpaired) electrons. The van der Waals surface area contributed by atoms with Crippen LogP contribution in [0.15, 0.2) is 34.9 Å². The van der Waals surface area contributed by atoms with Crippen LogP contribution in [0.3, 0.4) is 0 Å². The number of methoxy groups -OCH3 is 1. The second kappa shape index (κ2) is 5.35. The number of aryl methyl sites for hydroxylation is 1. The highest BCUT2D eigenvalue weighted by Crippen LogP contribution is 2.22. The van der Waals surface area contributed by atoms with Crippen molar-refractivity contribution >= 4 is 21.7 Å². The topological polar surface area (TPSA) is 44.1 Å². The Morgan fingerprint density at radius 3 is 2.78 bits per heavy atom. The fraction of sp³-hybridized carbons (Fsp3) is 0.231. The van der Waals surface area contributed by atoms with Crippen LogP contribution in [-0.2, 0) is 13.5 Å². The summed E-state index contributed by atoms with van der Waals surface area (Å²) in [5, 5.41) is 4.04. The monoisotopic (exact) mass is 308 g/mol. The number of hydrogen-bond acceptors (Lipinski definition) is 3. The molecule has 0 spiro atoms. The molecule has 5 heteroatoms. The molecule has 0 saturated heterocycles. The molecule has 0 bridgehead atoms. The van der Waals surface area contributed by atoms with Gasteiger partial charge in [-0.2, -0.15) is 5.10 Å². The largest absolute Gasteiger partial charge is 0.496 e. The summed E-state index contributed by atoms with van der Waals surface area (Å²) in [5.41, 5.74) is 1.44. The summed E-state index contributed by atoms with van der Waals surface area (Å²) < 4.78 is 7.52. The van der Waals surface area contributed by atoms with Crippen LogP contribution in [0.5, 0.6) is 5.75 Å². The smallest absolute Gasteiger partial charge is 0.186 e. The number of carbonyl (C=O) groups excluding carboxylic acids is 1. The third-order valence-corrected chi connectivity index (χ3v) is 3.28. The fourth-order valence-electron chi connectivity index (χ4n) is 1.83. The summed E-state index contributed by atoms with van der Waals surface area (Å²) in [4.78, 5) is 12.2. The van der Waals surface area contributed by atoms with Gasteiger partial charge in [-0.15, -0.1) is 0 Å². The number of nitrogens with zero attached hydrogens (tertiary/aromatic N) is 2. The number of Topliss-reactive ketones (excluding diaryl/α,β-unsaturated/α-hetero) is 1. The summed E-state index contributed by atoms with van der Waals surface area (Å²) in [5.74, 6) is 0.732. The average Bonchev–Trinajstić information content (AvgIpc) is 2.69. The molecule has 2 rings (SSSR count). The zero-order chi connectivity index (χ0) is 13.1. The first-order valence-corrected chi connectivity index (χ1v) is 6.25. The number of halogens is 1. The van der Waals surface area contributed by atoms with E-state index in [4.69, 9.17) is 4.74 Å². The highest BCUT2D eigenvalue weighted by molar-refractivity contribution is 9.10. The molecule has 0 aliphatic carbocycles. The van der Waals surface area contributed by atoms with Crippen molar-refractivity contribution in [3.05, 3.63) is 46.2 Å². The number of para-hydroxylation sites is 1. The maximum absolute atomic E-state index is 12.2. The number of benzene rings is 1. The van der Waals surface area contributed by atoms with Crippen LogP contribution >= 0.6 is 15.9 Å². The Labute approximate surface area is 114 Å². The summed E-state index contributed by atoms with van der Waals surface area (Å²) in [6, 6.07) is 7.51. The number of rotatable bonds is 4. The average molecular weight is 309 g/mol. The van der Waals surface area contributed by atoms with Gasteiger partial charge in [0.05, 0.1) is 17.8 Å². The van der Waals surface area contributed by atoms with E-state index in [9.17, 15) is 4.79 Å². The van der Waals surface area contributed by atoms with E-state index >= 15 is 0 Å². The van der Waals surface area contributed by atoms with Crippen molar-refractivity contribution in [3.63, 3.8) is 0 Å². The van der Waals surface area contributed by atoms with E-state index in [1.54, 1.807) is 25.0 Å². The van der Waals surface area contributed by atoms with Crippen LogP contribution in [0, 0.1) is 0 Å². The first-order valence-electron chi connectivity index (χ1n) is 5.46. The maximum Gasteiger partial charge on any atom is 0.186 e. The Morgan fingerprint density at radius 2 is 2.17 bits per heavy atom. The third kappa shape index (κ3) is 2.46. The molecule has 0 N–H and O–H groups in total. The second-order valence-corrected chi connectivity index (χ2v) is 4.73. The Kier molecular flexibility index (Phi) is 3.81. The molecule has 0 aliphatic heterocycles. The van der Waals surface area contributed by atoms with E-state index in [2.05, 4.69) is 21.0 Å². The number of ether oxygens (including phenoxy) is 1. The Morgan fingerprint density at radius 1 is 1.44 bits per heavy atom. The number of ketones is 1. The van der Waals surface area contributed by atoms with Crippen molar-refractivity contribution in [2.45, 2.75) is 6.42 Å². The quantitative estimate of drug-likeness (QED) is 0.816. The van der Waals surface area contributed by atoms with Gasteiger partial charge in [0.25, 0.3) is 0 Å². The molecule has 0 saturated carbocycles. The number of aromatic nitrogens is 2. The third-order valence-electron chi connectivity index (χ3n) is 2.70. The maximum atomic E-state index is 12.2. The lowest BCUT2D eigenvalue weighted by molar-refractivity contribution is 0.0982. The van der Waals surface area contributed by atoms with Gasteiger partial charge in [0.2, 0.25) is 0 Å². The molecule has 0 unspecified atom stereocenters. The number of hydrogen-bond donors (Lipinski definition) is 0. The number of carbonyl (C=O) groups is 1. The standard InChI is InChI=1S/C13H13BrN2O2/c1-16-13(10(14)8-15-16)11(17)7-9-5-3-4-6-12(9)18-2/h3-6,8H,7H2,1-2H3. The molecule has 94 valence electrons. The van der Waals surface area contributed by atoms with Crippen LogP contribution in [0.2, 0.25) is 0 Å². The minimum absolute atomic E-state index is 0.00590. The van der Waals surface area contributed by atoms with Crippen molar-refractivity contribution < 1.29 is 9.53 Å². The lowest BCUT2D eigenvalue weighted by Gasteiger charge is -2.07. The van der Waals surface area contributed by atoms with Crippen molar-refractivity contribution in [1.82, 2.24) is 9.78 Å². The van der Waals surface area contributed by atoms with Gasteiger partial charge in [-0.1, -0.05) is 18.2 Å².